The van der Waals surface area contributed by atoms with Gasteiger partial charge in [-0.3, -0.25) is 4.90 Å². The van der Waals surface area contributed by atoms with E-state index in [1.165, 1.54) is 25.8 Å². The van der Waals surface area contributed by atoms with Gasteiger partial charge in [-0.05, 0) is 38.0 Å². The van der Waals surface area contributed by atoms with E-state index in [1.807, 2.05) is 0 Å². The molecule has 2 fully saturated rings. The molecule has 0 aliphatic carbocycles. The Morgan fingerprint density at radius 3 is 2.68 bits per heavy atom. The second kappa shape index (κ2) is 7.05. The lowest BCUT2D eigenvalue weighted by Gasteiger charge is -2.45. The lowest BCUT2D eigenvalue weighted by atomic mass is 9.93. The van der Waals surface area contributed by atoms with Crippen molar-refractivity contribution in [2.75, 3.05) is 26.3 Å². The fraction of sp³-hybridized carbons (Fsp3) is 1.00. The van der Waals surface area contributed by atoms with E-state index in [2.05, 4.69) is 37.9 Å². The molecule has 2 heterocycles. The normalized spacial score (nSPS) is 34.9. The molecule has 0 saturated carbocycles. The number of hydrogen-bond donors (Lipinski definition) is 1. The van der Waals surface area contributed by atoms with Gasteiger partial charge < -0.3 is 10.1 Å². The van der Waals surface area contributed by atoms with E-state index in [4.69, 9.17) is 4.74 Å². The van der Waals surface area contributed by atoms with E-state index in [0.717, 1.165) is 31.6 Å². The maximum atomic E-state index is 5.59. The highest BCUT2D eigenvalue weighted by Gasteiger charge is 2.34. The maximum Gasteiger partial charge on any atom is 0.0509 e. The molecule has 0 radical (unpaired) electrons. The average Bonchev–Trinajstić information content (AvgIpc) is 2.91. The summed E-state index contributed by atoms with van der Waals surface area (Å²) in [6.07, 6.45) is 3.79. The highest BCUT2D eigenvalue weighted by atomic mass is 16.5. The number of rotatable bonds is 5. The minimum atomic E-state index is 0.671. The lowest BCUT2D eigenvalue weighted by molar-refractivity contribution is 0.0486. The quantitative estimate of drug-likeness (QED) is 0.829. The van der Waals surface area contributed by atoms with Crippen LogP contribution in [-0.2, 0) is 4.74 Å². The topological polar surface area (TPSA) is 24.5 Å². The van der Waals surface area contributed by atoms with E-state index in [0.29, 0.717) is 18.1 Å². The summed E-state index contributed by atoms with van der Waals surface area (Å²) in [7, 11) is 0. The molecule has 0 spiro atoms. The van der Waals surface area contributed by atoms with Gasteiger partial charge >= 0.3 is 0 Å². The summed E-state index contributed by atoms with van der Waals surface area (Å²) >= 11 is 0. The Balaban J connectivity index is 1.96. The summed E-state index contributed by atoms with van der Waals surface area (Å²) in [5.74, 6) is 1.52. The molecule has 3 nitrogen and oxygen atoms in total. The number of hydrogen-bond acceptors (Lipinski definition) is 3. The zero-order valence-electron chi connectivity index (χ0n) is 13.2. The van der Waals surface area contributed by atoms with Crippen molar-refractivity contribution in [3.8, 4) is 0 Å². The average molecular weight is 268 g/mol. The number of nitrogens with zero attached hydrogens (tertiary/aromatic N) is 1. The lowest BCUT2D eigenvalue weighted by Crippen LogP contribution is -2.60. The van der Waals surface area contributed by atoms with Gasteiger partial charge in [0.2, 0.25) is 0 Å². The van der Waals surface area contributed by atoms with Crippen molar-refractivity contribution in [1.29, 1.82) is 0 Å². The highest BCUT2D eigenvalue weighted by Crippen LogP contribution is 2.26. The van der Waals surface area contributed by atoms with Gasteiger partial charge in [0.05, 0.1) is 6.61 Å². The van der Waals surface area contributed by atoms with Gasteiger partial charge in [-0.2, -0.15) is 0 Å². The molecule has 19 heavy (non-hydrogen) atoms. The van der Waals surface area contributed by atoms with Crippen molar-refractivity contribution in [2.45, 2.75) is 65.1 Å². The van der Waals surface area contributed by atoms with Crippen molar-refractivity contribution < 1.29 is 4.74 Å². The van der Waals surface area contributed by atoms with Crippen LogP contribution in [0.25, 0.3) is 0 Å². The second-order valence-corrected chi connectivity index (χ2v) is 6.86. The van der Waals surface area contributed by atoms with Gasteiger partial charge in [-0.15, -0.1) is 0 Å². The molecule has 1 N–H and O–H groups in total. The van der Waals surface area contributed by atoms with Crippen molar-refractivity contribution in [3.63, 3.8) is 0 Å². The molecule has 2 saturated heterocycles. The molecule has 2 aliphatic rings. The van der Waals surface area contributed by atoms with Crippen molar-refractivity contribution in [2.24, 2.45) is 11.8 Å². The first-order valence-electron chi connectivity index (χ1n) is 8.18. The first-order chi connectivity index (χ1) is 9.11. The molecule has 0 aromatic heterocycles. The van der Waals surface area contributed by atoms with Crippen LogP contribution < -0.4 is 5.32 Å². The molecule has 0 aromatic rings. The largest absolute Gasteiger partial charge is 0.381 e. The first kappa shape index (κ1) is 15.3. The van der Waals surface area contributed by atoms with Gasteiger partial charge in [0.1, 0.15) is 0 Å². The Morgan fingerprint density at radius 1 is 1.32 bits per heavy atom. The fourth-order valence-corrected chi connectivity index (χ4v) is 3.70. The van der Waals surface area contributed by atoms with Gasteiger partial charge in [0.25, 0.3) is 0 Å². The highest BCUT2D eigenvalue weighted by molar-refractivity contribution is 4.91. The van der Waals surface area contributed by atoms with Crippen LogP contribution in [0, 0.1) is 11.8 Å². The number of nitrogens with one attached hydrogen (secondary N) is 1. The third kappa shape index (κ3) is 3.93. The fourth-order valence-electron chi connectivity index (χ4n) is 3.70. The van der Waals surface area contributed by atoms with Crippen LogP contribution in [0.2, 0.25) is 0 Å². The third-order valence-electron chi connectivity index (χ3n) is 4.94. The Kier molecular flexibility index (Phi) is 5.67. The minimum Gasteiger partial charge on any atom is -0.381 e. The van der Waals surface area contributed by atoms with Crippen LogP contribution in [0.1, 0.15) is 47.0 Å². The molecule has 112 valence electrons. The van der Waals surface area contributed by atoms with Crippen molar-refractivity contribution in [1.82, 2.24) is 10.2 Å². The van der Waals surface area contributed by atoms with Crippen LogP contribution in [0.5, 0.6) is 0 Å². The molecule has 2 rings (SSSR count). The van der Waals surface area contributed by atoms with E-state index < -0.39 is 0 Å². The molecule has 4 atom stereocenters. The Morgan fingerprint density at radius 2 is 2.11 bits per heavy atom. The van der Waals surface area contributed by atoms with Crippen LogP contribution in [0.4, 0.5) is 0 Å². The maximum absolute atomic E-state index is 5.59. The number of piperazine rings is 1. The van der Waals surface area contributed by atoms with E-state index >= 15 is 0 Å². The minimum absolute atomic E-state index is 0.671. The Hall–Kier alpha value is -0.120. The van der Waals surface area contributed by atoms with E-state index in [1.54, 1.807) is 0 Å². The van der Waals surface area contributed by atoms with E-state index in [-0.39, 0.29) is 0 Å². The van der Waals surface area contributed by atoms with Gasteiger partial charge in [-0.1, -0.05) is 20.8 Å². The van der Waals surface area contributed by atoms with Crippen molar-refractivity contribution in [3.05, 3.63) is 0 Å². The first-order valence-corrected chi connectivity index (χ1v) is 8.18. The smallest absolute Gasteiger partial charge is 0.0509 e. The zero-order valence-corrected chi connectivity index (χ0v) is 13.2. The van der Waals surface area contributed by atoms with Gasteiger partial charge in [-0.25, -0.2) is 0 Å². The molecule has 0 amide bonds. The van der Waals surface area contributed by atoms with Crippen molar-refractivity contribution >= 4 is 0 Å². The third-order valence-corrected chi connectivity index (χ3v) is 4.94. The molecule has 0 aromatic carbocycles. The summed E-state index contributed by atoms with van der Waals surface area (Å²) in [5, 5.41) is 3.75. The SMILES string of the molecule is CCC1CNC(CC(C)C)CN1C(C)C1CCOC1. The monoisotopic (exact) mass is 268 g/mol. The Labute approximate surface area is 119 Å². The molecular formula is C16H32N2O. The predicted molar refractivity (Wildman–Crippen MR) is 80.4 cm³/mol. The predicted octanol–water partition coefficient (Wildman–Crippen LogP) is 2.51. The summed E-state index contributed by atoms with van der Waals surface area (Å²) in [4.78, 5) is 2.77. The number of ether oxygens (including phenoxy) is 1. The van der Waals surface area contributed by atoms with Crippen LogP contribution >= 0.6 is 0 Å². The zero-order chi connectivity index (χ0) is 13.8. The molecule has 4 unspecified atom stereocenters. The summed E-state index contributed by atoms with van der Waals surface area (Å²) in [6.45, 7) is 13.7. The Bertz CT molecular complexity index is 263. The standard InChI is InChI=1S/C16H32N2O/c1-5-16-9-17-15(8-12(2)3)10-18(16)13(4)14-6-7-19-11-14/h12-17H,5-11H2,1-4H3. The molecular weight excluding hydrogens is 236 g/mol. The molecule has 3 heteroatoms. The van der Waals surface area contributed by atoms with Crippen LogP contribution in [-0.4, -0.2) is 49.3 Å². The summed E-state index contributed by atoms with van der Waals surface area (Å²) < 4.78 is 5.59. The summed E-state index contributed by atoms with van der Waals surface area (Å²) in [5.41, 5.74) is 0. The van der Waals surface area contributed by atoms with Gasteiger partial charge in [0.15, 0.2) is 0 Å². The van der Waals surface area contributed by atoms with Gasteiger partial charge in [0, 0.05) is 37.8 Å². The molecule has 2 aliphatic heterocycles. The summed E-state index contributed by atoms with van der Waals surface area (Å²) in [6, 6.07) is 2.05. The molecule has 0 bridgehead atoms. The second-order valence-electron chi connectivity index (χ2n) is 6.86. The van der Waals surface area contributed by atoms with Crippen LogP contribution in [0.3, 0.4) is 0 Å². The van der Waals surface area contributed by atoms with Crippen LogP contribution in [0.15, 0.2) is 0 Å². The van der Waals surface area contributed by atoms with E-state index in [9.17, 15) is 0 Å².